The van der Waals surface area contributed by atoms with Crippen molar-refractivity contribution in [2.24, 2.45) is 0 Å². The number of fused-ring (bicyclic) bond motifs is 1. The molecule has 0 aliphatic carbocycles. The molecule has 1 aromatic heterocycles. The predicted octanol–water partition coefficient (Wildman–Crippen LogP) is 2.09. The number of carbonyl (C=O) groups is 1. The largest absolute Gasteiger partial charge is 0.515 e. The zero-order valence-electron chi connectivity index (χ0n) is 9.83. The smallest absolute Gasteiger partial charge is 0.341 e. The van der Waals surface area contributed by atoms with Gasteiger partial charge in [0.15, 0.2) is 0 Å². The van der Waals surface area contributed by atoms with Crippen molar-refractivity contribution in [3.8, 4) is 0 Å². The second-order valence-corrected chi connectivity index (χ2v) is 3.60. The molecule has 0 amide bonds. The third-order valence-corrected chi connectivity index (χ3v) is 2.48. The topological polar surface area (TPSA) is 72.3 Å². The molecule has 0 radical (unpaired) electrons. The van der Waals surface area contributed by atoms with Crippen LogP contribution in [0.5, 0.6) is 0 Å². The lowest BCUT2D eigenvalue weighted by Gasteiger charge is -2.06. The van der Waals surface area contributed by atoms with Gasteiger partial charge in [-0.1, -0.05) is 12.1 Å². The molecule has 0 spiro atoms. The molecule has 1 N–H and O–H groups in total. The fraction of sp³-hybridized carbons (Fsp3) is 0.154. The number of aliphatic hydroxyl groups is 1. The summed E-state index contributed by atoms with van der Waals surface area (Å²) in [6.07, 6.45) is 3.98. The first kappa shape index (κ1) is 12.0. The number of hydrogen-bond acceptors (Lipinski definition) is 5. The van der Waals surface area contributed by atoms with Crippen LogP contribution in [0.1, 0.15) is 12.5 Å². The number of benzene rings is 1. The molecule has 2 aromatic rings. The van der Waals surface area contributed by atoms with E-state index < -0.39 is 5.97 Å². The first-order valence-corrected chi connectivity index (χ1v) is 5.48. The highest BCUT2D eigenvalue weighted by atomic mass is 16.5. The molecular weight excluding hydrogens is 232 g/mol. The summed E-state index contributed by atoms with van der Waals surface area (Å²) in [7, 11) is 0. The lowest BCUT2D eigenvalue weighted by atomic mass is 10.0. The van der Waals surface area contributed by atoms with Crippen molar-refractivity contribution in [2.45, 2.75) is 6.92 Å². The highest BCUT2D eigenvalue weighted by Gasteiger charge is 2.13. The van der Waals surface area contributed by atoms with E-state index in [0.29, 0.717) is 5.56 Å². The summed E-state index contributed by atoms with van der Waals surface area (Å²) in [5.74, 6) is -0.554. The molecule has 0 aliphatic rings. The Morgan fingerprint density at radius 1 is 1.33 bits per heavy atom. The highest BCUT2D eigenvalue weighted by molar-refractivity contribution is 6.16. The Morgan fingerprint density at radius 3 is 2.72 bits per heavy atom. The van der Waals surface area contributed by atoms with Gasteiger partial charge < -0.3 is 9.84 Å². The number of esters is 1. The molecule has 0 atom stereocenters. The number of aliphatic hydroxyl groups excluding tert-OH is 1. The maximum absolute atomic E-state index is 11.6. The van der Waals surface area contributed by atoms with Gasteiger partial charge in [0.25, 0.3) is 0 Å². The summed E-state index contributed by atoms with van der Waals surface area (Å²) >= 11 is 0. The Bertz CT molecular complexity index is 608. The van der Waals surface area contributed by atoms with Crippen LogP contribution >= 0.6 is 0 Å². The van der Waals surface area contributed by atoms with Crippen LogP contribution in [0.4, 0.5) is 0 Å². The average molecular weight is 244 g/mol. The molecule has 0 bridgehead atoms. The molecule has 0 saturated heterocycles. The zero-order chi connectivity index (χ0) is 13.0. The van der Waals surface area contributed by atoms with E-state index in [1.165, 1.54) is 0 Å². The molecule has 0 aliphatic heterocycles. The summed E-state index contributed by atoms with van der Waals surface area (Å²) in [6.45, 7) is 1.97. The monoisotopic (exact) mass is 244 g/mol. The standard InChI is InChI=1S/C13H12N2O3/c1-2-18-13(17)12(8-16)9-3-4-10-6-14-15-7-11(10)5-9/h3-8,16H,2H2,1H3/b12-8+. The molecular formula is C13H12N2O3. The third kappa shape index (κ3) is 2.29. The minimum Gasteiger partial charge on any atom is -0.515 e. The van der Waals surface area contributed by atoms with E-state index in [9.17, 15) is 4.79 Å². The van der Waals surface area contributed by atoms with Crippen LogP contribution in [0.15, 0.2) is 36.9 Å². The number of rotatable bonds is 3. The van der Waals surface area contributed by atoms with Gasteiger partial charge in [0.05, 0.1) is 25.3 Å². The molecule has 0 saturated carbocycles. The number of nitrogens with zero attached hydrogens (tertiary/aromatic N) is 2. The van der Waals surface area contributed by atoms with Crippen molar-refractivity contribution in [3.63, 3.8) is 0 Å². The van der Waals surface area contributed by atoms with Gasteiger partial charge in [0.2, 0.25) is 0 Å². The van der Waals surface area contributed by atoms with Crippen molar-refractivity contribution in [2.75, 3.05) is 6.61 Å². The zero-order valence-corrected chi connectivity index (χ0v) is 9.83. The summed E-state index contributed by atoms with van der Waals surface area (Å²) in [4.78, 5) is 11.6. The Morgan fingerprint density at radius 2 is 2.06 bits per heavy atom. The number of ether oxygens (including phenoxy) is 1. The van der Waals surface area contributed by atoms with Gasteiger partial charge in [-0.2, -0.15) is 10.2 Å². The van der Waals surface area contributed by atoms with Crippen LogP contribution in [0.25, 0.3) is 16.3 Å². The quantitative estimate of drug-likeness (QED) is 0.508. The van der Waals surface area contributed by atoms with E-state index >= 15 is 0 Å². The SMILES string of the molecule is CCOC(=O)/C(=C/O)c1ccc2cnncc2c1. The predicted molar refractivity (Wildman–Crippen MR) is 66.8 cm³/mol. The third-order valence-electron chi connectivity index (χ3n) is 2.48. The molecule has 0 unspecified atom stereocenters. The molecule has 18 heavy (non-hydrogen) atoms. The van der Waals surface area contributed by atoms with E-state index in [4.69, 9.17) is 9.84 Å². The maximum atomic E-state index is 11.6. The lowest BCUT2D eigenvalue weighted by Crippen LogP contribution is -2.07. The fourth-order valence-corrected chi connectivity index (χ4v) is 1.62. The second kappa shape index (κ2) is 5.27. The van der Waals surface area contributed by atoms with Crippen molar-refractivity contribution in [1.82, 2.24) is 10.2 Å². The van der Waals surface area contributed by atoms with Gasteiger partial charge >= 0.3 is 5.97 Å². The van der Waals surface area contributed by atoms with E-state index in [0.717, 1.165) is 17.0 Å². The second-order valence-electron chi connectivity index (χ2n) is 3.60. The van der Waals surface area contributed by atoms with Gasteiger partial charge in [-0.3, -0.25) is 0 Å². The van der Waals surface area contributed by atoms with Crippen LogP contribution in [0.3, 0.4) is 0 Å². The van der Waals surface area contributed by atoms with Crippen molar-refractivity contribution < 1.29 is 14.6 Å². The van der Waals surface area contributed by atoms with Crippen molar-refractivity contribution in [3.05, 3.63) is 42.4 Å². The first-order chi connectivity index (χ1) is 8.76. The van der Waals surface area contributed by atoms with Crippen LogP contribution in [-0.2, 0) is 9.53 Å². The van der Waals surface area contributed by atoms with E-state index in [1.807, 2.05) is 6.07 Å². The Hall–Kier alpha value is -2.43. The highest BCUT2D eigenvalue weighted by Crippen LogP contribution is 2.20. The van der Waals surface area contributed by atoms with E-state index in [2.05, 4.69) is 10.2 Å². The Labute approximate surface area is 104 Å². The van der Waals surface area contributed by atoms with Gasteiger partial charge in [0, 0.05) is 10.8 Å². The minimum absolute atomic E-state index is 0.121. The number of aromatic nitrogens is 2. The Balaban J connectivity index is 2.43. The summed E-state index contributed by atoms with van der Waals surface area (Å²) < 4.78 is 4.87. The van der Waals surface area contributed by atoms with Gasteiger partial charge in [-0.15, -0.1) is 0 Å². The molecule has 1 aromatic carbocycles. The molecule has 0 fully saturated rings. The minimum atomic E-state index is -0.554. The van der Waals surface area contributed by atoms with Crippen LogP contribution in [-0.4, -0.2) is 27.9 Å². The molecule has 2 rings (SSSR count). The summed E-state index contributed by atoms with van der Waals surface area (Å²) in [5, 5.41) is 18.4. The van der Waals surface area contributed by atoms with Gasteiger partial charge in [0.1, 0.15) is 5.57 Å². The number of hydrogen-bond donors (Lipinski definition) is 1. The summed E-state index contributed by atoms with van der Waals surface area (Å²) in [5.41, 5.74) is 0.701. The van der Waals surface area contributed by atoms with E-state index in [-0.39, 0.29) is 12.2 Å². The average Bonchev–Trinajstić information content (AvgIpc) is 2.40. The van der Waals surface area contributed by atoms with Crippen LogP contribution < -0.4 is 0 Å². The van der Waals surface area contributed by atoms with Gasteiger partial charge in [-0.25, -0.2) is 4.79 Å². The lowest BCUT2D eigenvalue weighted by molar-refractivity contribution is -0.136. The van der Waals surface area contributed by atoms with E-state index in [1.54, 1.807) is 31.5 Å². The van der Waals surface area contributed by atoms with Crippen molar-refractivity contribution in [1.29, 1.82) is 0 Å². The Kier molecular flexibility index (Phi) is 3.52. The first-order valence-electron chi connectivity index (χ1n) is 5.48. The fourth-order valence-electron chi connectivity index (χ4n) is 1.62. The summed E-state index contributed by atoms with van der Waals surface area (Å²) in [6, 6.07) is 5.29. The van der Waals surface area contributed by atoms with Crippen LogP contribution in [0, 0.1) is 0 Å². The molecule has 5 heteroatoms. The molecule has 1 heterocycles. The molecule has 5 nitrogen and oxygen atoms in total. The normalized spacial score (nSPS) is 11.5. The van der Waals surface area contributed by atoms with Crippen LogP contribution in [0.2, 0.25) is 0 Å². The van der Waals surface area contributed by atoms with Crippen molar-refractivity contribution >= 4 is 22.3 Å². The maximum Gasteiger partial charge on any atom is 0.341 e. The van der Waals surface area contributed by atoms with Gasteiger partial charge in [-0.05, 0) is 18.6 Å². The molecule has 92 valence electrons. The number of carbonyl (C=O) groups excluding carboxylic acids is 1.